The number of hydrogen-bond acceptors (Lipinski definition) is 2. The van der Waals surface area contributed by atoms with Crippen LogP contribution in [-0.4, -0.2) is 18.3 Å². The number of benzene rings is 1. The standard InChI is InChI=1S/C18H27BO2/c1-13(19-20-17(5,6)18(7,8)21-19)14-9-11-15(12-10-14)16(2,3)4/h9-12H,1H2,2-8H3. The van der Waals surface area contributed by atoms with Crippen LogP contribution in [-0.2, 0) is 14.7 Å². The van der Waals surface area contributed by atoms with Gasteiger partial charge in [-0.25, -0.2) is 0 Å². The van der Waals surface area contributed by atoms with Crippen LogP contribution in [0.5, 0.6) is 0 Å². The molecule has 1 aliphatic heterocycles. The highest BCUT2D eigenvalue weighted by Gasteiger charge is 2.52. The molecular formula is C18H27BO2. The number of hydrogen-bond donors (Lipinski definition) is 0. The predicted octanol–water partition coefficient (Wildman–Crippen LogP) is 4.63. The van der Waals surface area contributed by atoms with E-state index in [4.69, 9.17) is 9.31 Å². The largest absolute Gasteiger partial charge is 0.494 e. The molecule has 0 amide bonds. The summed E-state index contributed by atoms with van der Waals surface area (Å²) in [6, 6.07) is 8.53. The third kappa shape index (κ3) is 3.09. The van der Waals surface area contributed by atoms with Crippen molar-refractivity contribution in [2.24, 2.45) is 0 Å². The summed E-state index contributed by atoms with van der Waals surface area (Å²) in [7, 11) is -0.379. The molecule has 0 atom stereocenters. The molecule has 114 valence electrons. The zero-order valence-corrected chi connectivity index (χ0v) is 14.4. The van der Waals surface area contributed by atoms with Crippen LogP contribution in [0.25, 0.3) is 5.47 Å². The van der Waals surface area contributed by atoms with E-state index in [0.717, 1.165) is 11.0 Å². The van der Waals surface area contributed by atoms with Crippen molar-refractivity contribution >= 4 is 12.6 Å². The molecule has 0 saturated carbocycles. The lowest BCUT2D eigenvalue weighted by atomic mass is 9.74. The maximum absolute atomic E-state index is 6.06. The molecule has 0 N–H and O–H groups in total. The van der Waals surface area contributed by atoms with Crippen LogP contribution >= 0.6 is 0 Å². The molecule has 0 aromatic heterocycles. The topological polar surface area (TPSA) is 18.5 Å². The van der Waals surface area contributed by atoms with Gasteiger partial charge in [-0.2, -0.15) is 0 Å². The maximum Gasteiger partial charge on any atom is 0.494 e. The van der Waals surface area contributed by atoms with Gasteiger partial charge in [-0.3, -0.25) is 0 Å². The molecule has 0 bridgehead atoms. The van der Waals surface area contributed by atoms with Crippen LogP contribution < -0.4 is 0 Å². The Morgan fingerprint density at radius 2 is 1.38 bits per heavy atom. The summed E-state index contributed by atoms with van der Waals surface area (Å²) >= 11 is 0. The molecule has 1 saturated heterocycles. The van der Waals surface area contributed by atoms with E-state index in [-0.39, 0.29) is 23.7 Å². The normalized spacial score (nSPS) is 20.6. The molecule has 21 heavy (non-hydrogen) atoms. The second-order valence-corrected chi connectivity index (χ2v) is 7.94. The maximum atomic E-state index is 6.06. The summed E-state index contributed by atoms with van der Waals surface area (Å²) in [6.45, 7) is 19.1. The third-order valence-corrected chi connectivity index (χ3v) is 4.66. The van der Waals surface area contributed by atoms with Gasteiger partial charge in [0, 0.05) is 0 Å². The van der Waals surface area contributed by atoms with E-state index in [1.54, 1.807) is 0 Å². The molecule has 1 aromatic rings. The molecular weight excluding hydrogens is 259 g/mol. The van der Waals surface area contributed by atoms with Gasteiger partial charge < -0.3 is 9.31 Å². The Bertz CT molecular complexity index is 519. The Morgan fingerprint density at radius 1 is 0.952 bits per heavy atom. The average molecular weight is 286 g/mol. The lowest BCUT2D eigenvalue weighted by Crippen LogP contribution is -2.41. The summed E-state index contributed by atoms with van der Waals surface area (Å²) in [4.78, 5) is 0. The lowest BCUT2D eigenvalue weighted by molar-refractivity contribution is 0.00578. The van der Waals surface area contributed by atoms with Gasteiger partial charge in [0.1, 0.15) is 0 Å². The first-order valence-electron chi connectivity index (χ1n) is 7.59. The summed E-state index contributed by atoms with van der Waals surface area (Å²) in [5, 5.41) is 0. The van der Waals surface area contributed by atoms with E-state index < -0.39 is 0 Å². The highest BCUT2D eigenvalue weighted by Crippen LogP contribution is 2.40. The van der Waals surface area contributed by atoms with Crippen LogP contribution in [0.3, 0.4) is 0 Å². The summed E-state index contributed by atoms with van der Waals surface area (Å²) in [6.07, 6.45) is 0. The fraction of sp³-hybridized carbons (Fsp3) is 0.556. The van der Waals surface area contributed by atoms with Crippen molar-refractivity contribution < 1.29 is 9.31 Å². The summed E-state index contributed by atoms with van der Waals surface area (Å²) in [5.74, 6) is 0. The van der Waals surface area contributed by atoms with Crippen molar-refractivity contribution in [2.75, 3.05) is 0 Å². The molecule has 3 heteroatoms. The molecule has 0 spiro atoms. The second kappa shape index (κ2) is 5.00. The predicted molar refractivity (Wildman–Crippen MR) is 90.3 cm³/mol. The van der Waals surface area contributed by atoms with Gasteiger partial charge in [0.05, 0.1) is 11.2 Å². The van der Waals surface area contributed by atoms with Gasteiger partial charge in [-0.15, -0.1) is 0 Å². The van der Waals surface area contributed by atoms with E-state index in [9.17, 15) is 0 Å². The van der Waals surface area contributed by atoms with E-state index in [1.165, 1.54) is 5.56 Å². The SMILES string of the molecule is C=C(B1OC(C)(C)C(C)(C)O1)c1ccc(C(C)(C)C)cc1. The van der Waals surface area contributed by atoms with Gasteiger partial charge in [-0.05, 0) is 49.7 Å². The fourth-order valence-electron chi connectivity index (χ4n) is 2.31. The van der Waals surface area contributed by atoms with Crippen LogP contribution in [0.2, 0.25) is 0 Å². The van der Waals surface area contributed by atoms with Crippen LogP contribution in [0.15, 0.2) is 30.8 Å². The molecule has 0 aliphatic carbocycles. The molecule has 0 unspecified atom stereocenters. The van der Waals surface area contributed by atoms with Crippen molar-refractivity contribution in [3.05, 3.63) is 42.0 Å². The van der Waals surface area contributed by atoms with Gasteiger partial charge >= 0.3 is 7.12 Å². The highest BCUT2D eigenvalue weighted by molar-refractivity contribution is 6.68. The molecule has 1 fully saturated rings. The highest BCUT2D eigenvalue weighted by atomic mass is 16.7. The van der Waals surface area contributed by atoms with Gasteiger partial charge in [-0.1, -0.05) is 51.6 Å². The molecule has 2 rings (SSSR count). The van der Waals surface area contributed by atoms with Crippen LogP contribution in [0, 0.1) is 0 Å². The first-order chi connectivity index (χ1) is 9.44. The van der Waals surface area contributed by atoms with Gasteiger partial charge in [0.15, 0.2) is 0 Å². The molecule has 2 nitrogen and oxygen atoms in total. The van der Waals surface area contributed by atoms with Crippen LogP contribution in [0.4, 0.5) is 0 Å². The Hall–Kier alpha value is -1.06. The Morgan fingerprint density at radius 3 is 1.76 bits per heavy atom. The first kappa shape index (κ1) is 16.3. The van der Waals surface area contributed by atoms with E-state index in [1.807, 2.05) is 0 Å². The minimum atomic E-state index is -0.379. The Balaban J connectivity index is 2.19. The summed E-state index contributed by atoms with van der Waals surface area (Å²) < 4.78 is 12.1. The summed E-state index contributed by atoms with van der Waals surface area (Å²) in [5.41, 5.74) is 2.77. The van der Waals surface area contributed by atoms with Crippen molar-refractivity contribution in [3.8, 4) is 0 Å². The van der Waals surface area contributed by atoms with Crippen molar-refractivity contribution in [2.45, 2.75) is 65.1 Å². The minimum absolute atomic E-state index is 0.157. The minimum Gasteiger partial charge on any atom is -0.399 e. The van der Waals surface area contributed by atoms with E-state index >= 15 is 0 Å². The zero-order chi connectivity index (χ0) is 16.1. The van der Waals surface area contributed by atoms with Gasteiger partial charge in [0.25, 0.3) is 0 Å². The Labute approximate surface area is 129 Å². The third-order valence-electron chi connectivity index (χ3n) is 4.66. The molecule has 1 heterocycles. The van der Waals surface area contributed by atoms with Crippen molar-refractivity contribution in [1.82, 2.24) is 0 Å². The fourth-order valence-corrected chi connectivity index (χ4v) is 2.31. The smallest absolute Gasteiger partial charge is 0.399 e. The van der Waals surface area contributed by atoms with E-state index in [0.29, 0.717) is 0 Å². The lowest BCUT2D eigenvalue weighted by Gasteiger charge is -2.32. The van der Waals surface area contributed by atoms with Gasteiger partial charge in [0.2, 0.25) is 0 Å². The molecule has 1 aromatic carbocycles. The Kier molecular flexibility index (Phi) is 3.88. The van der Waals surface area contributed by atoms with Crippen molar-refractivity contribution in [3.63, 3.8) is 0 Å². The average Bonchev–Trinajstić information content (AvgIpc) is 2.57. The van der Waals surface area contributed by atoms with E-state index in [2.05, 4.69) is 79.3 Å². The number of rotatable bonds is 2. The first-order valence-corrected chi connectivity index (χ1v) is 7.59. The zero-order valence-electron chi connectivity index (χ0n) is 14.4. The second-order valence-electron chi connectivity index (χ2n) is 7.94. The molecule has 0 radical (unpaired) electrons. The van der Waals surface area contributed by atoms with Crippen LogP contribution in [0.1, 0.15) is 59.6 Å². The molecule has 1 aliphatic rings. The quantitative estimate of drug-likeness (QED) is 0.738. The monoisotopic (exact) mass is 286 g/mol. The van der Waals surface area contributed by atoms with Crippen molar-refractivity contribution in [1.29, 1.82) is 0 Å².